The normalized spacial score (nSPS) is 23.9. The molecule has 0 saturated heterocycles. The van der Waals surface area contributed by atoms with Crippen LogP contribution in [0.3, 0.4) is 0 Å². The van der Waals surface area contributed by atoms with E-state index in [1.54, 1.807) is 0 Å². The standard InChI is InChI=1S/C12H15NO2/c1-8-7-10(12(14)15-2)9-5-3-4-6-11(9)13-8/h3-6,8,10,13H,7H2,1-2H3. The molecule has 0 amide bonds. The number of rotatable bonds is 1. The highest BCUT2D eigenvalue weighted by Gasteiger charge is 2.29. The monoisotopic (exact) mass is 205 g/mol. The first kappa shape index (κ1) is 10.0. The Hall–Kier alpha value is -1.51. The van der Waals surface area contributed by atoms with Gasteiger partial charge < -0.3 is 10.1 Å². The summed E-state index contributed by atoms with van der Waals surface area (Å²) in [5, 5.41) is 3.36. The van der Waals surface area contributed by atoms with E-state index in [4.69, 9.17) is 4.74 Å². The van der Waals surface area contributed by atoms with Crippen LogP contribution in [0.2, 0.25) is 0 Å². The summed E-state index contributed by atoms with van der Waals surface area (Å²) < 4.78 is 4.83. The van der Waals surface area contributed by atoms with Crippen LogP contribution in [0.1, 0.15) is 24.8 Å². The maximum Gasteiger partial charge on any atom is 0.313 e. The fourth-order valence-corrected chi connectivity index (χ4v) is 2.10. The third-order valence-electron chi connectivity index (χ3n) is 2.81. The van der Waals surface area contributed by atoms with E-state index in [0.29, 0.717) is 6.04 Å². The van der Waals surface area contributed by atoms with Crippen LogP contribution >= 0.6 is 0 Å². The average Bonchev–Trinajstić information content (AvgIpc) is 2.26. The second-order valence-corrected chi connectivity index (χ2v) is 3.94. The van der Waals surface area contributed by atoms with Gasteiger partial charge >= 0.3 is 5.97 Å². The number of fused-ring (bicyclic) bond motifs is 1. The van der Waals surface area contributed by atoms with Gasteiger partial charge in [0.15, 0.2) is 0 Å². The molecule has 0 spiro atoms. The predicted molar refractivity (Wildman–Crippen MR) is 58.9 cm³/mol. The van der Waals surface area contributed by atoms with Crippen LogP contribution in [0.5, 0.6) is 0 Å². The Morgan fingerprint density at radius 3 is 2.93 bits per heavy atom. The van der Waals surface area contributed by atoms with Gasteiger partial charge in [0, 0.05) is 11.7 Å². The Bertz CT molecular complexity index is 376. The third kappa shape index (κ3) is 1.82. The highest BCUT2D eigenvalue weighted by atomic mass is 16.5. The van der Waals surface area contributed by atoms with Gasteiger partial charge in [0.2, 0.25) is 0 Å². The van der Waals surface area contributed by atoms with Crippen molar-refractivity contribution in [2.45, 2.75) is 25.3 Å². The van der Waals surface area contributed by atoms with Crippen LogP contribution in [0.25, 0.3) is 0 Å². The maximum atomic E-state index is 11.6. The zero-order valence-corrected chi connectivity index (χ0v) is 8.99. The molecule has 1 aliphatic rings. The van der Waals surface area contributed by atoms with Crippen molar-refractivity contribution in [2.24, 2.45) is 0 Å². The number of hydrogen-bond donors (Lipinski definition) is 1. The Balaban J connectivity index is 2.38. The molecule has 1 aromatic carbocycles. The van der Waals surface area contributed by atoms with Gasteiger partial charge in [-0.05, 0) is 25.0 Å². The Kier molecular flexibility index (Phi) is 2.62. The van der Waals surface area contributed by atoms with Gasteiger partial charge in [-0.15, -0.1) is 0 Å². The smallest absolute Gasteiger partial charge is 0.313 e. The molecule has 0 saturated carbocycles. The SMILES string of the molecule is COC(=O)C1CC(C)Nc2ccccc21. The Morgan fingerprint density at radius 2 is 2.20 bits per heavy atom. The van der Waals surface area contributed by atoms with Gasteiger partial charge in [0.05, 0.1) is 13.0 Å². The molecule has 0 bridgehead atoms. The third-order valence-corrected chi connectivity index (χ3v) is 2.81. The van der Waals surface area contributed by atoms with Crippen LogP contribution < -0.4 is 5.32 Å². The first-order chi connectivity index (χ1) is 7.22. The van der Waals surface area contributed by atoms with Gasteiger partial charge in [-0.2, -0.15) is 0 Å². The van der Waals surface area contributed by atoms with Crippen molar-refractivity contribution in [3.63, 3.8) is 0 Å². The second kappa shape index (κ2) is 3.93. The van der Waals surface area contributed by atoms with E-state index in [1.807, 2.05) is 24.3 Å². The Labute approximate surface area is 89.4 Å². The molecule has 2 atom stereocenters. The maximum absolute atomic E-state index is 11.6. The van der Waals surface area contributed by atoms with Gasteiger partial charge in [-0.3, -0.25) is 4.79 Å². The van der Waals surface area contributed by atoms with Crippen LogP contribution in [0.4, 0.5) is 5.69 Å². The average molecular weight is 205 g/mol. The molecular weight excluding hydrogens is 190 g/mol. The fourth-order valence-electron chi connectivity index (χ4n) is 2.10. The number of carbonyl (C=O) groups excluding carboxylic acids is 1. The Morgan fingerprint density at radius 1 is 1.47 bits per heavy atom. The summed E-state index contributed by atoms with van der Waals surface area (Å²) in [5.74, 6) is -0.266. The van der Waals surface area contributed by atoms with E-state index in [9.17, 15) is 4.79 Å². The largest absolute Gasteiger partial charge is 0.469 e. The molecule has 1 aromatic rings. The van der Waals surface area contributed by atoms with E-state index >= 15 is 0 Å². The number of anilines is 1. The van der Waals surface area contributed by atoms with E-state index in [0.717, 1.165) is 17.7 Å². The number of hydrogen-bond acceptors (Lipinski definition) is 3. The summed E-state index contributed by atoms with van der Waals surface area (Å²) in [6.45, 7) is 2.08. The molecule has 3 heteroatoms. The zero-order valence-electron chi connectivity index (χ0n) is 8.99. The lowest BCUT2D eigenvalue weighted by molar-refractivity contribution is -0.142. The molecule has 0 aliphatic carbocycles. The zero-order chi connectivity index (χ0) is 10.8. The minimum atomic E-state index is -0.143. The van der Waals surface area contributed by atoms with E-state index in [2.05, 4.69) is 12.2 Å². The summed E-state index contributed by atoms with van der Waals surface area (Å²) in [6.07, 6.45) is 0.795. The molecule has 1 aliphatic heterocycles. The molecule has 0 aromatic heterocycles. The number of ether oxygens (including phenoxy) is 1. The first-order valence-electron chi connectivity index (χ1n) is 5.15. The molecule has 2 unspecified atom stereocenters. The number of benzene rings is 1. The van der Waals surface area contributed by atoms with Gasteiger partial charge in [0.1, 0.15) is 0 Å². The quantitative estimate of drug-likeness (QED) is 0.714. The lowest BCUT2D eigenvalue weighted by Crippen LogP contribution is -2.29. The van der Waals surface area contributed by atoms with Gasteiger partial charge in [-0.25, -0.2) is 0 Å². The van der Waals surface area contributed by atoms with Crippen LogP contribution in [-0.4, -0.2) is 19.1 Å². The first-order valence-corrected chi connectivity index (χ1v) is 5.15. The number of esters is 1. The molecule has 2 rings (SSSR count). The molecule has 3 nitrogen and oxygen atoms in total. The van der Waals surface area contributed by atoms with E-state index < -0.39 is 0 Å². The molecule has 1 heterocycles. The van der Waals surface area contributed by atoms with Crippen molar-refractivity contribution in [3.05, 3.63) is 29.8 Å². The highest BCUT2D eigenvalue weighted by molar-refractivity contribution is 5.81. The van der Waals surface area contributed by atoms with Crippen molar-refractivity contribution in [2.75, 3.05) is 12.4 Å². The van der Waals surface area contributed by atoms with E-state index in [-0.39, 0.29) is 11.9 Å². The summed E-state index contributed by atoms with van der Waals surface area (Å²) in [7, 11) is 1.44. The number of para-hydroxylation sites is 1. The summed E-state index contributed by atoms with van der Waals surface area (Å²) >= 11 is 0. The van der Waals surface area contributed by atoms with E-state index in [1.165, 1.54) is 7.11 Å². The predicted octanol–water partition coefficient (Wildman–Crippen LogP) is 2.15. The number of carbonyl (C=O) groups is 1. The van der Waals surface area contributed by atoms with Crippen molar-refractivity contribution in [1.29, 1.82) is 0 Å². The molecule has 80 valence electrons. The highest BCUT2D eigenvalue weighted by Crippen LogP contribution is 2.34. The van der Waals surface area contributed by atoms with Crippen LogP contribution in [0, 0.1) is 0 Å². The summed E-state index contributed by atoms with van der Waals surface area (Å²) in [4.78, 5) is 11.6. The second-order valence-electron chi connectivity index (χ2n) is 3.94. The number of nitrogens with one attached hydrogen (secondary N) is 1. The lowest BCUT2D eigenvalue weighted by Gasteiger charge is -2.29. The lowest BCUT2D eigenvalue weighted by atomic mass is 9.87. The summed E-state index contributed by atoms with van der Waals surface area (Å²) in [5.41, 5.74) is 2.09. The van der Waals surface area contributed by atoms with Gasteiger partial charge in [-0.1, -0.05) is 18.2 Å². The van der Waals surface area contributed by atoms with Gasteiger partial charge in [0.25, 0.3) is 0 Å². The fraction of sp³-hybridized carbons (Fsp3) is 0.417. The molecule has 15 heavy (non-hydrogen) atoms. The molecular formula is C12H15NO2. The summed E-state index contributed by atoms with van der Waals surface area (Å²) in [6, 6.07) is 8.21. The molecule has 0 radical (unpaired) electrons. The van der Waals surface area contributed by atoms with Crippen molar-refractivity contribution < 1.29 is 9.53 Å². The topological polar surface area (TPSA) is 38.3 Å². The van der Waals surface area contributed by atoms with Crippen molar-refractivity contribution in [3.8, 4) is 0 Å². The van der Waals surface area contributed by atoms with Crippen molar-refractivity contribution in [1.82, 2.24) is 0 Å². The van der Waals surface area contributed by atoms with Crippen molar-refractivity contribution >= 4 is 11.7 Å². The van der Waals surface area contributed by atoms with Crippen LogP contribution in [-0.2, 0) is 9.53 Å². The minimum absolute atomic E-state index is 0.123. The molecule has 1 N–H and O–H groups in total. The number of methoxy groups -OCH3 is 1. The van der Waals surface area contributed by atoms with Crippen LogP contribution in [0.15, 0.2) is 24.3 Å². The molecule has 0 fully saturated rings. The minimum Gasteiger partial charge on any atom is -0.469 e.